The van der Waals surface area contributed by atoms with Gasteiger partial charge in [0.2, 0.25) is 10.0 Å². The molecule has 2 aliphatic heterocycles. The van der Waals surface area contributed by atoms with Gasteiger partial charge in [-0.25, -0.2) is 8.42 Å². The van der Waals surface area contributed by atoms with Crippen LogP contribution in [0.3, 0.4) is 0 Å². The maximum Gasteiger partial charge on any atom is 0.243 e. The zero-order chi connectivity index (χ0) is 17.7. The van der Waals surface area contributed by atoms with Crippen molar-refractivity contribution in [2.75, 3.05) is 59.1 Å². The first-order valence-corrected chi connectivity index (χ1v) is 10.3. The van der Waals surface area contributed by atoms with Gasteiger partial charge >= 0.3 is 0 Å². The van der Waals surface area contributed by atoms with Gasteiger partial charge in [-0.3, -0.25) is 4.90 Å². The zero-order valence-electron chi connectivity index (χ0n) is 14.7. The van der Waals surface area contributed by atoms with Gasteiger partial charge in [-0.1, -0.05) is 0 Å². The quantitative estimate of drug-likeness (QED) is 0.782. The SMILES string of the molecule is C[C@@H]1CNCCN1CCOc1ccc(S(=O)(=O)N2CCOCC2)cc1. The molecule has 1 N–H and O–H groups in total. The fourth-order valence-electron chi connectivity index (χ4n) is 3.14. The van der Waals surface area contributed by atoms with Gasteiger partial charge in [0.25, 0.3) is 0 Å². The molecule has 2 fully saturated rings. The van der Waals surface area contributed by atoms with Gasteiger partial charge in [0.15, 0.2) is 0 Å². The van der Waals surface area contributed by atoms with Crippen LogP contribution in [0.5, 0.6) is 5.75 Å². The molecule has 0 bridgehead atoms. The number of nitrogens with one attached hydrogen (secondary N) is 1. The minimum Gasteiger partial charge on any atom is -0.492 e. The molecule has 0 aliphatic carbocycles. The van der Waals surface area contributed by atoms with Crippen LogP contribution in [0.4, 0.5) is 0 Å². The summed E-state index contributed by atoms with van der Waals surface area (Å²) in [5.41, 5.74) is 0. The summed E-state index contributed by atoms with van der Waals surface area (Å²) >= 11 is 0. The van der Waals surface area contributed by atoms with Crippen molar-refractivity contribution in [3.8, 4) is 5.75 Å². The average molecular weight is 369 g/mol. The Labute approximate surface area is 149 Å². The van der Waals surface area contributed by atoms with Crippen LogP contribution in [0.2, 0.25) is 0 Å². The topological polar surface area (TPSA) is 71.1 Å². The van der Waals surface area contributed by atoms with Crippen molar-refractivity contribution in [2.24, 2.45) is 0 Å². The predicted octanol–water partition coefficient (Wildman–Crippen LogP) is 0.380. The number of ether oxygens (including phenoxy) is 2. The summed E-state index contributed by atoms with van der Waals surface area (Å²) in [6, 6.07) is 7.21. The first-order valence-electron chi connectivity index (χ1n) is 8.83. The summed E-state index contributed by atoms with van der Waals surface area (Å²) in [6.45, 7) is 8.43. The van der Waals surface area contributed by atoms with Crippen LogP contribution >= 0.6 is 0 Å². The van der Waals surface area contributed by atoms with Crippen LogP contribution in [-0.4, -0.2) is 82.8 Å². The molecule has 7 nitrogen and oxygen atoms in total. The Kier molecular flexibility index (Phi) is 6.29. The van der Waals surface area contributed by atoms with E-state index in [1.807, 2.05) is 0 Å². The standard InChI is InChI=1S/C17H27N3O4S/c1-15-14-18-6-7-19(15)8-13-24-16-2-4-17(5-3-16)25(21,22)20-9-11-23-12-10-20/h2-5,15,18H,6-14H2,1H3/t15-/m1/s1. The van der Waals surface area contributed by atoms with Gasteiger partial charge < -0.3 is 14.8 Å². The zero-order valence-corrected chi connectivity index (χ0v) is 15.5. The summed E-state index contributed by atoms with van der Waals surface area (Å²) in [4.78, 5) is 2.70. The lowest BCUT2D eigenvalue weighted by atomic mass is 10.2. The monoisotopic (exact) mass is 369 g/mol. The smallest absolute Gasteiger partial charge is 0.243 e. The van der Waals surface area contributed by atoms with E-state index in [1.165, 1.54) is 4.31 Å². The number of nitrogens with zero attached hydrogens (tertiary/aromatic N) is 2. The largest absolute Gasteiger partial charge is 0.492 e. The summed E-state index contributed by atoms with van der Waals surface area (Å²) in [7, 11) is -3.44. The number of hydrogen-bond donors (Lipinski definition) is 1. The summed E-state index contributed by atoms with van der Waals surface area (Å²) in [5.74, 6) is 0.698. The van der Waals surface area contributed by atoms with Crippen molar-refractivity contribution in [3.05, 3.63) is 24.3 Å². The van der Waals surface area contributed by atoms with E-state index in [4.69, 9.17) is 9.47 Å². The van der Waals surface area contributed by atoms with E-state index in [-0.39, 0.29) is 0 Å². The molecule has 1 atom stereocenters. The molecule has 0 radical (unpaired) electrons. The van der Waals surface area contributed by atoms with Crippen LogP contribution < -0.4 is 10.1 Å². The predicted molar refractivity (Wildman–Crippen MR) is 95.4 cm³/mol. The summed E-state index contributed by atoms with van der Waals surface area (Å²) < 4.78 is 37.6. The van der Waals surface area contributed by atoms with Gasteiger partial charge in [0.1, 0.15) is 12.4 Å². The van der Waals surface area contributed by atoms with Crippen LogP contribution in [0.25, 0.3) is 0 Å². The minimum absolute atomic E-state index is 0.303. The van der Waals surface area contributed by atoms with Gasteiger partial charge in [-0.15, -0.1) is 0 Å². The fraction of sp³-hybridized carbons (Fsp3) is 0.647. The first-order chi connectivity index (χ1) is 12.1. The second-order valence-electron chi connectivity index (χ2n) is 6.43. The number of benzene rings is 1. The Morgan fingerprint density at radius 1 is 1.20 bits per heavy atom. The Hall–Kier alpha value is -1.19. The van der Waals surface area contributed by atoms with Gasteiger partial charge in [0, 0.05) is 45.3 Å². The number of morpholine rings is 1. The third-order valence-electron chi connectivity index (χ3n) is 4.72. The summed E-state index contributed by atoms with van der Waals surface area (Å²) in [6.07, 6.45) is 0. The highest BCUT2D eigenvalue weighted by atomic mass is 32.2. The third kappa shape index (κ3) is 4.71. The molecule has 25 heavy (non-hydrogen) atoms. The molecule has 1 aromatic rings. The number of rotatable bonds is 6. The molecule has 0 unspecified atom stereocenters. The average Bonchev–Trinajstić information content (AvgIpc) is 2.64. The first kappa shape index (κ1) is 18.6. The lowest BCUT2D eigenvalue weighted by Gasteiger charge is -2.33. The van der Waals surface area contributed by atoms with Crippen LogP contribution in [-0.2, 0) is 14.8 Å². The highest BCUT2D eigenvalue weighted by molar-refractivity contribution is 7.89. The molecule has 2 aliphatic rings. The normalized spacial score (nSPS) is 23.5. The van der Waals surface area contributed by atoms with Crippen molar-refractivity contribution < 1.29 is 17.9 Å². The van der Waals surface area contributed by atoms with E-state index in [0.29, 0.717) is 49.6 Å². The Balaban J connectivity index is 1.53. The molecule has 0 aromatic heterocycles. The van der Waals surface area contributed by atoms with E-state index >= 15 is 0 Å². The maximum atomic E-state index is 12.6. The van der Waals surface area contributed by atoms with Crippen molar-refractivity contribution in [2.45, 2.75) is 17.9 Å². The van der Waals surface area contributed by atoms with E-state index in [0.717, 1.165) is 26.2 Å². The molecule has 0 saturated carbocycles. The Morgan fingerprint density at radius 2 is 1.92 bits per heavy atom. The number of hydrogen-bond acceptors (Lipinski definition) is 6. The van der Waals surface area contributed by atoms with Crippen molar-refractivity contribution in [1.82, 2.24) is 14.5 Å². The van der Waals surface area contributed by atoms with E-state index in [9.17, 15) is 8.42 Å². The van der Waals surface area contributed by atoms with Gasteiger partial charge in [0.05, 0.1) is 18.1 Å². The molecule has 140 valence electrons. The fourth-order valence-corrected chi connectivity index (χ4v) is 4.55. The van der Waals surface area contributed by atoms with Crippen LogP contribution in [0.1, 0.15) is 6.92 Å². The van der Waals surface area contributed by atoms with E-state index in [2.05, 4.69) is 17.1 Å². The molecular formula is C17H27N3O4S. The van der Waals surface area contributed by atoms with E-state index < -0.39 is 10.0 Å². The lowest BCUT2D eigenvalue weighted by molar-refractivity contribution is 0.0730. The lowest BCUT2D eigenvalue weighted by Crippen LogP contribution is -2.50. The van der Waals surface area contributed by atoms with Crippen molar-refractivity contribution in [1.29, 1.82) is 0 Å². The number of sulfonamides is 1. The molecule has 2 heterocycles. The molecule has 3 rings (SSSR count). The van der Waals surface area contributed by atoms with E-state index in [1.54, 1.807) is 24.3 Å². The Morgan fingerprint density at radius 3 is 2.60 bits per heavy atom. The number of piperazine rings is 1. The molecule has 2 saturated heterocycles. The van der Waals surface area contributed by atoms with Crippen molar-refractivity contribution >= 4 is 10.0 Å². The van der Waals surface area contributed by atoms with Crippen molar-refractivity contribution in [3.63, 3.8) is 0 Å². The third-order valence-corrected chi connectivity index (χ3v) is 6.63. The summed E-state index contributed by atoms with van der Waals surface area (Å²) in [5, 5.41) is 3.37. The van der Waals surface area contributed by atoms with Gasteiger partial charge in [-0.2, -0.15) is 4.31 Å². The molecule has 8 heteroatoms. The maximum absolute atomic E-state index is 12.6. The van der Waals surface area contributed by atoms with Crippen LogP contribution in [0.15, 0.2) is 29.2 Å². The van der Waals surface area contributed by atoms with Crippen LogP contribution in [0, 0.1) is 0 Å². The molecule has 1 aromatic carbocycles. The molecular weight excluding hydrogens is 342 g/mol. The molecule has 0 amide bonds. The molecule has 0 spiro atoms. The second kappa shape index (κ2) is 8.46. The highest BCUT2D eigenvalue weighted by Crippen LogP contribution is 2.20. The Bertz CT molecular complexity index is 644. The highest BCUT2D eigenvalue weighted by Gasteiger charge is 2.26. The second-order valence-corrected chi connectivity index (χ2v) is 8.36. The van der Waals surface area contributed by atoms with Gasteiger partial charge in [-0.05, 0) is 31.2 Å². The minimum atomic E-state index is -3.44.